The van der Waals surface area contributed by atoms with Gasteiger partial charge in [-0.05, 0) is 50.8 Å². The number of halogens is 1. The molecule has 17 heavy (non-hydrogen) atoms. The maximum absolute atomic E-state index is 11.6. The lowest BCUT2D eigenvalue weighted by atomic mass is 9.97. The van der Waals surface area contributed by atoms with Crippen molar-refractivity contribution in [3.8, 4) is 5.75 Å². The first kappa shape index (κ1) is 12.6. The van der Waals surface area contributed by atoms with Gasteiger partial charge in [-0.25, -0.2) is 0 Å². The number of benzene rings is 1. The Kier molecular flexibility index (Phi) is 4.21. The molecule has 0 aliphatic heterocycles. The first-order valence-corrected chi connectivity index (χ1v) is 6.93. The molecule has 1 aromatic carbocycles. The maximum atomic E-state index is 11.6. The predicted octanol–water partition coefficient (Wildman–Crippen LogP) is 4.36. The molecule has 0 N–H and O–H groups in total. The zero-order valence-corrected chi connectivity index (χ0v) is 11.6. The third-order valence-electron chi connectivity index (χ3n) is 3.17. The van der Waals surface area contributed by atoms with Crippen LogP contribution >= 0.6 is 15.9 Å². The fourth-order valence-corrected chi connectivity index (χ4v) is 2.60. The van der Waals surface area contributed by atoms with E-state index < -0.39 is 0 Å². The monoisotopic (exact) mass is 296 g/mol. The number of rotatable bonds is 3. The van der Waals surface area contributed by atoms with Crippen LogP contribution < -0.4 is 4.74 Å². The fourth-order valence-electron chi connectivity index (χ4n) is 2.24. The van der Waals surface area contributed by atoms with Crippen molar-refractivity contribution >= 4 is 21.7 Å². The normalized spacial score (nSPS) is 16.8. The van der Waals surface area contributed by atoms with Gasteiger partial charge >= 0.3 is 0 Å². The molecule has 1 aliphatic rings. The van der Waals surface area contributed by atoms with Gasteiger partial charge in [0.15, 0.2) is 5.78 Å². The molecule has 2 rings (SSSR count). The molecule has 0 unspecified atom stereocenters. The molecule has 1 aliphatic carbocycles. The van der Waals surface area contributed by atoms with Gasteiger partial charge in [0.2, 0.25) is 0 Å². The van der Waals surface area contributed by atoms with Crippen LogP contribution in [-0.2, 0) is 0 Å². The molecule has 92 valence electrons. The molecule has 0 amide bonds. The number of hydrogen-bond acceptors (Lipinski definition) is 2. The molecule has 0 heterocycles. The molecule has 0 radical (unpaired) electrons. The molecule has 3 heteroatoms. The minimum absolute atomic E-state index is 0.0529. The number of Topliss-reactive ketones (excluding diaryl/α,β-unsaturated/α-hetero) is 1. The Morgan fingerprint density at radius 1 is 1.29 bits per heavy atom. The summed E-state index contributed by atoms with van der Waals surface area (Å²) in [6.45, 7) is 1.58. The van der Waals surface area contributed by atoms with E-state index in [2.05, 4.69) is 15.9 Å². The molecule has 1 fully saturated rings. The Hall–Kier alpha value is -0.830. The highest BCUT2D eigenvalue weighted by molar-refractivity contribution is 9.10. The van der Waals surface area contributed by atoms with Gasteiger partial charge in [0.05, 0.1) is 11.7 Å². The zero-order valence-electron chi connectivity index (χ0n) is 10.0. The molecule has 1 saturated carbocycles. The minimum atomic E-state index is 0.0529. The van der Waals surface area contributed by atoms with E-state index in [9.17, 15) is 4.79 Å². The van der Waals surface area contributed by atoms with Crippen molar-refractivity contribution in [2.45, 2.75) is 45.1 Å². The summed E-state index contributed by atoms with van der Waals surface area (Å²) in [6, 6.07) is 5.64. The lowest BCUT2D eigenvalue weighted by Gasteiger charge is -2.24. The van der Waals surface area contributed by atoms with Crippen molar-refractivity contribution in [1.29, 1.82) is 0 Å². The van der Waals surface area contributed by atoms with Crippen LogP contribution in [0.5, 0.6) is 5.75 Å². The molecular weight excluding hydrogens is 280 g/mol. The molecule has 0 spiro atoms. The summed E-state index contributed by atoms with van der Waals surface area (Å²) >= 11 is 3.38. The van der Waals surface area contributed by atoms with E-state index in [0.717, 1.165) is 23.1 Å². The van der Waals surface area contributed by atoms with Crippen LogP contribution in [0.15, 0.2) is 22.7 Å². The average molecular weight is 297 g/mol. The van der Waals surface area contributed by atoms with E-state index in [1.54, 1.807) is 6.92 Å². The quantitative estimate of drug-likeness (QED) is 0.775. The van der Waals surface area contributed by atoms with E-state index in [1.807, 2.05) is 18.2 Å². The van der Waals surface area contributed by atoms with E-state index in [4.69, 9.17) is 4.74 Å². The minimum Gasteiger partial charge on any atom is -0.490 e. The Bertz CT molecular complexity index is 409. The number of ketones is 1. The van der Waals surface area contributed by atoms with Crippen LogP contribution in [0.1, 0.15) is 49.4 Å². The Morgan fingerprint density at radius 2 is 2.00 bits per heavy atom. The Labute approximate surface area is 110 Å². The van der Waals surface area contributed by atoms with Crippen LogP contribution in [0, 0.1) is 0 Å². The summed E-state index contributed by atoms with van der Waals surface area (Å²) in [5, 5.41) is 0. The van der Waals surface area contributed by atoms with Crippen LogP contribution in [-0.4, -0.2) is 11.9 Å². The predicted molar refractivity (Wildman–Crippen MR) is 71.6 cm³/mol. The summed E-state index contributed by atoms with van der Waals surface area (Å²) in [5.74, 6) is 0.782. The van der Waals surface area contributed by atoms with Crippen molar-refractivity contribution in [2.75, 3.05) is 0 Å². The van der Waals surface area contributed by atoms with Crippen molar-refractivity contribution < 1.29 is 9.53 Å². The number of carbonyl (C=O) groups is 1. The molecule has 0 aromatic heterocycles. The van der Waals surface area contributed by atoms with Gasteiger partial charge in [-0.1, -0.05) is 22.4 Å². The fraction of sp³-hybridized carbons (Fsp3) is 0.500. The van der Waals surface area contributed by atoms with Crippen molar-refractivity contribution in [3.05, 3.63) is 28.2 Å². The van der Waals surface area contributed by atoms with Crippen LogP contribution in [0.4, 0.5) is 0 Å². The number of ether oxygens (including phenoxy) is 1. The Morgan fingerprint density at radius 3 is 2.65 bits per heavy atom. The van der Waals surface area contributed by atoms with Crippen molar-refractivity contribution in [3.63, 3.8) is 0 Å². The van der Waals surface area contributed by atoms with E-state index in [1.165, 1.54) is 19.3 Å². The highest BCUT2D eigenvalue weighted by Gasteiger charge is 2.17. The second-order valence-electron chi connectivity index (χ2n) is 4.57. The summed E-state index contributed by atoms with van der Waals surface area (Å²) in [6.07, 6.45) is 6.26. The zero-order chi connectivity index (χ0) is 12.3. The van der Waals surface area contributed by atoms with Crippen LogP contribution in [0.3, 0.4) is 0 Å². The first-order chi connectivity index (χ1) is 8.16. The van der Waals surface area contributed by atoms with E-state index in [-0.39, 0.29) is 11.9 Å². The number of carbonyl (C=O) groups excluding carboxylic acids is 1. The van der Waals surface area contributed by atoms with Crippen molar-refractivity contribution in [1.82, 2.24) is 0 Å². The smallest absolute Gasteiger partial charge is 0.163 e. The van der Waals surface area contributed by atoms with Gasteiger partial charge in [-0.2, -0.15) is 0 Å². The summed E-state index contributed by atoms with van der Waals surface area (Å²) in [5.41, 5.74) is 0.671. The van der Waals surface area contributed by atoms with Gasteiger partial charge < -0.3 is 4.74 Å². The molecule has 1 aromatic rings. The highest BCUT2D eigenvalue weighted by Crippen LogP contribution is 2.28. The van der Waals surface area contributed by atoms with E-state index in [0.29, 0.717) is 5.56 Å². The summed E-state index contributed by atoms with van der Waals surface area (Å²) in [4.78, 5) is 11.6. The molecular formula is C14H17BrO2. The van der Waals surface area contributed by atoms with Gasteiger partial charge in [0.25, 0.3) is 0 Å². The number of hydrogen-bond donors (Lipinski definition) is 0. The SMILES string of the molecule is CC(=O)c1cc(Br)ccc1OC1CCCCC1. The standard InChI is InChI=1S/C14H17BrO2/c1-10(16)13-9-11(15)7-8-14(13)17-12-5-3-2-4-6-12/h7-9,12H,2-6H2,1H3. The third kappa shape index (κ3) is 3.32. The average Bonchev–Trinajstić information content (AvgIpc) is 2.32. The molecule has 0 bridgehead atoms. The van der Waals surface area contributed by atoms with Gasteiger partial charge in [-0.15, -0.1) is 0 Å². The van der Waals surface area contributed by atoms with Gasteiger partial charge in [0, 0.05) is 4.47 Å². The maximum Gasteiger partial charge on any atom is 0.163 e. The van der Waals surface area contributed by atoms with E-state index >= 15 is 0 Å². The summed E-state index contributed by atoms with van der Waals surface area (Å²) < 4.78 is 6.88. The first-order valence-electron chi connectivity index (χ1n) is 6.14. The van der Waals surface area contributed by atoms with Crippen LogP contribution in [0.2, 0.25) is 0 Å². The second-order valence-corrected chi connectivity index (χ2v) is 5.49. The highest BCUT2D eigenvalue weighted by atomic mass is 79.9. The topological polar surface area (TPSA) is 26.3 Å². The lowest BCUT2D eigenvalue weighted by molar-refractivity contribution is 0.100. The van der Waals surface area contributed by atoms with Crippen molar-refractivity contribution in [2.24, 2.45) is 0 Å². The lowest BCUT2D eigenvalue weighted by Crippen LogP contribution is -2.20. The Balaban J connectivity index is 2.16. The van der Waals surface area contributed by atoms with Gasteiger partial charge in [-0.3, -0.25) is 4.79 Å². The van der Waals surface area contributed by atoms with Gasteiger partial charge in [0.1, 0.15) is 5.75 Å². The second kappa shape index (κ2) is 5.67. The molecule has 0 atom stereocenters. The van der Waals surface area contributed by atoms with Crippen LogP contribution in [0.25, 0.3) is 0 Å². The molecule has 2 nitrogen and oxygen atoms in total. The largest absolute Gasteiger partial charge is 0.490 e. The summed E-state index contributed by atoms with van der Waals surface area (Å²) in [7, 11) is 0. The third-order valence-corrected chi connectivity index (χ3v) is 3.66. The molecule has 0 saturated heterocycles.